The molecule has 2 aromatic carbocycles. The minimum Gasteiger partial charge on any atom is -0.508 e. The summed E-state index contributed by atoms with van der Waals surface area (Å²) in [5, 5.41) is 23.4. The molecule has 3 unspecified atom stereocenters. The Morgan fingerprint density at radius 2 is 1.79 bits per heavy atom. The third-order valence-corrected chi connectivity index (χ3v) is 7.10. The van der Waals surface area contributed by atoms with E-state index in [1.54, 1.807) is 52.3 Å². The molecule has 0 aromatic heterocycles. The largest absolute Gasteiger partial charge is 0.508 e. The summed E-state index contributed by atoms with van der Waals surface area (Å²) in [6, 6.07) is 12.1. The van der Waals surface area contributed by atoms with Crippen LogP contribution < -0.4 is 20.5 Å². The molecule has 5 N–H and O–H groups in total. The predicted octanol–water partition coefficient (Wildman–Crippen LogP) is 4.22. The Kier molecular flexibility index (Phi) is 14.6. The monoisotopic (exact) mass is 566 g/mol. The first-order valence-corrected chi connectivity index (χ1v) is 13.3. The van der Waals surface area contributed by atoms with Crippen molar-refractivity contribution in [3.05, 3.63) is 53.6 Å². The Morgan fingerprint density at radius 3 is 2.41 bits per heavy atom. The van der Waals surface area contributed by atoms with Gasteiger partial charge in [0.1, 0.15) is 5.75 Å². The van der Waals surface area contributed by atoms with Gasteiger partial charge in [-0.2, -0.15) is 0 Å². The molecule has 0 saturated heterocycles. The van der Waals surface area contributed by atoms with Crippen molar-refractivity contribution in [2.24, 2.45) is 17.6 Å². The van der Waals surface area contributed by atoms with Gasteiger partial charge in [-0.1, -0.05) is 32.0 Å². The second-order valence-corrected chi connectivity index (χ2v) is 10.7. The summed E-state index contributed by atoms with van der Waals surface area (Å²) in [7, 11) is 3.29. The lowest BCUT2D eigenvalue weighted by Crippen LogP contribution is -2.48. The number of aliphatic hydroxyl groups excluding tert-OH is 1. The van der Waals surface area contributed by atoms with Gasteiger partial charge in [-0.3, -0.25) is 4.79 Å². The number of carbonyl (C=O) groups excluding carboxylic acids is 1. The van der Waals surface area contributed by atoms with Gasteiger partial charge in [0.15, 0.2) is 11.5 Å². The number of aliphatic hydroxyl groups is 1. The zero-order chi connectivity index (χ0) is 28.3. The molecule has 220 valence electrons. The molecule has 0 aliphatic carbocycles. The molecule has 0 saturated carbocycles. The number of methoxy groups -OCH3 is 2. The Labute approximate surface area is 239 Å². The smallest absolute Gasteiger partial charge is 0.230 e. The van der Waals surface area contributed by atoms with Gasteiger partial charge in [0.05, 0.1) is 25.2 Å². The molecule has 9 heteroatoms. The van der Waals surface area contributed by atoms with Gasteiger partial charge in [-0.25, -0.2) is 0 Å². The molecule has 2 aromatic rings. The third kappa shape index (κ3) is 10.5. The van der Waals surface area contributed by atoms with Crippen LogP contribution in [0.5, 0.6) is 17.2 Å². The molecule has 0 heterocycles. The molecule has 0 bridgehead atoms. The minimum absolute atomic E-state index is 0. The number of benzene rings is 2. The second-order valence-electron chi connectivity index (χ2n) is 10.7. The van der Waals surface area contributed by atoms with Crippen molar-refractivity contribution < 1.29 is 29.2 Å². The number of aromatic hydroxyl groups is 1. The van der Waals surface area contributed by atoms with Crippen LogP contribution in [0.4, 0.5) is 0 Å². The van der Waals surface area contributed by atoms with E-state index >= 15 is 0 Å². The number of nitrogens with one attached hydrogen (secondary N) is 1. The van der Waals surface area contributed by atoms with E-state index in [2.05, 4.69) is 19.2 Å². The lowest BCUT2D eigenvalue weighted by Gasteiger charge is -2.29. The van der Waals surface area contributed by atoms with Gasteiger partial charge in [0.25, 0.3) is 0 Å². The molecule has 0 aliphatic rings. The van der Waals surface area contributed by atoms with Gasteiger partial charge in [-0.05, 0) is 73.9 Å². The third-order valence-electron chi connectivity index (χ3n) is 7.10. The van der Waals surface area contributed by atoms with Crippen molar-refractivity contribution in [2.45, 2.75) is 64.5 Å². The van der Waals surface area contributed by atoms with E-state index in [1.165, 1.54) is 0 Å². The molecule has 8 nitrogen and oxygen atoms in total. The van der Waals surface area contributed by atoms with E-state index in [1.807, 2.05) is 18.2 Å². The van der Waals surface area contributed by atoms with Crippen LogP contribution >= 0.6 is 12.4 Å². The molecular formula is C30H47ClN2O6. The van der Waals surface area contributed by atoms with Crippen molar-refractivity contribution in [3.63, 3.8) is 0 Å². The van der Waals surface area contributed by atoms with Gasteiger partial charge >= 0.3 is 0 Å². The van der Waals surface area contributed by atoms with Crippen LogP contribution in [0.2, 0.25) is 0 Å². The van der Waals surface area contributed by atoms with E-state index in [-0.39, 0.29) is 36.5 Å². The zero-order valence-electron chi connectivity index (χ0n) is 24.1. The van der Waals surface area contributed by atoms with Crippen LogP contribution in [0.3, 0.4) is 0 Å². The molecule has 39 heavy (non-hydrogen) atoms. The summed E-state index contributed by atoms with van der Waals surface area (Å²) in [6.45, 7) is 9.07. The molecular weight excluding hydrogens is 520 g/mol. The first-order valence-electron chi connectivity index (χ1n) is 13.3. The van der Waals surface area contributed by atoms with Crippen LogP contribution in [-0.4, -0.2) is 62.2 Å². The summed E-state index contributed by atoms with van der Waals surface area (Å²) in [5.74, 6) is 1.79. The number of amides is 1. The van der Waals surface area contributed by atoms with Crippen molar-refractivity contribution in [1.29, 1.82) is 0 Å². The number of ether oxygens (including phenoxy) is 3. The Hall–Kier alpha value is -2.52. The van der Waals surface area contributed by atoms with Crippen molar-refractivity contribution in [1.82, 2.24) is 5.32 Å². The standard InChI is InChI=1S/C30H46N2O6.ClH/c1-20(2)22(15-21-11-12-27(37-6)28(16-21)38-14-8-13-36-5)17-25(31)26(34)19-32-29(35)30(3,4)23-9-7-10-24(33)18-23;/h7,9-12,16,18,20,22,25-26,33-34H,8,13-15,17,19,31H2,1-6H3,(H,32,35);1H. The lowest BCUT2D eigenvalue weighted by atomic mass is 9.82. The highest BCUT2D eigenvalue weighted by Gasteiger charge is 2.31. The number of nitrogens with two attached hydrogens (primary N) is 1. The molecule has 3 atom stereocenters. The minimum atomic E-state index is -0.893. The van der Waals surface area contributed by atoms with Gasteiger partial charge in [0.2, 0.25) is 5.91 Å². The van der Waals surface area contributed by atoms with Crippen molar-refractivity contribution in [3.8, 4) is 17.2 Å². The van der Waals surface area contributed by atoms with Crippen LogP contribution in [-0.2, 0) is 21.4 Å². The Morgan fingerprint density at radius 1 is 1.08 bits per heavy atom. The van der Waals surface area contributed by atoms with Gasteiger partial charge < -0.3 is 35.5 Å². The average molecular weight is 567 g/mol. The highest BCUT2D eigenvalue weighted by molar-refractivity contribution is 5.87. The maximum Gasteiger partial charge on any atom is 0.230 e. The molecule has 1 amide bonds. The Bertz CT molecular complexity index is 1020. The molecule has 2 rings (SSSR count). The number of rotatable bonds is 16. The number of hydrogen-bond donors (Lipinski definition) is 4. The summed E-state index contributed by atoms with van der Waals surface area (Å²) in [4.78, 5) is 12.9. The van der Waals surface area contributed by atoms with Gasteiger partial charge in [-0.15, -0.1) is 12.4 Å². The average Bonchev–Trinajstić information content (AvgIpc) is 2.89. The fourth-order valence-electron chi connectivity index (χ4n) is 4.34. The SMILES string of the molecule is COCCCOc1cc(CC(CC(N)C(O)CNC(=O)C(C)(C)c2cccc(O)c2)C(C)C)ccc1OC.Cl. The van der Waals surface area contributed by atoms with Crippen molar-refractivity contribution >= 4 is 18.3 Å². The first-order chi connectivity index (χ1) is 18.0. The lowest BCUT2D eigenvalue weighted by molar-refractivity contribution is -0.126. The summed E-state index contributed by atoms with van der Waals surface area (Å²) < 4.78 is 16.5. The maximum absolute atomic E-state index is 12.9. The fourth-order valence-corrected chi connectivity index (χ4v) is 4.34. The predicted molar refractivity (Wildman–Crippen MR) is 157 cm³/mol. The molecule has 0 fully saturated rings. The topological polar surface area (TPSA) is 123 Å². The highest BCUT2D eigenvalue weighted by Crippen LogP contribution is 2.31. The van der Waals surface area contributed by atoms with Crippen LogP contribution in [0.15, 0.2) is 42.5 Å². The maximum atomic E-state index is 12.9. The van der Waals surface area contributed by atoms with E-state index in [4.69, 9.17) is 19.9 Å². The molecule has 0 radical (unpaired) electrons. The molecule has 0 spiro atoms. The van der Waals surface area contributed by atoms with Crippen LogP contribution in [0, 0.1) is 11.8 Å². The summed E-state index contributed by atoms with van der Waals surface area (Å²) in [6.07, 6.45) is 1.26. The first kappa shape index (κ1) is 34.5. The fraction of sp³-hybridized carbons (Fsp3) is 0.567. The quantitative estimate of drug-likeness (QED) is 0.224. The number of carbonyl (C=O) groups is 1. The number of hydrogen-bond acceptors (Lipinski definition) is 7. The highest BCUT2D eigenvalue weighted by atomic mass is 35.5. The van der Waals surface area contributed by atoms with E-state index in [0.29, 0.717) is 42.6 Å². The zero-order valence-corrected chi connectivity index (χ0v) is 24.9. The number of phenolic OH excluding ortho intramolecular Hbond substituents is 1. The van der Waals surface area contributed by atoms with E-state index < -0.39 is 17.6 Å². The summed E-state index contributed by atoms with van der Waals surface area (Å²) in [5.41, 5.74) is 7.34. The van der Waals surface area contributed by atoms with Crippen molar-refractivity contribution in [2.75, 3.05) is 34.0 Å². The van der Waals surface area contributed by atoms with Crippen LogP contribution in [0.25, 0.3) is 0 Å². The number of phenols is 1. The number of halogens is 1. The second kappa shape index (κ2) is 16.6. The normalized spacial score (nSPS) is 13.8. The molecule has 0 aliphatic heterocycles. The van der Waals surface area contributed by atoms with Gasteiger partial charge in [0, 0.05) is 32.7 Å². The van der Waals surface area contributed by atoms with E-state index in [0.717, 1.165) is 18.4 Å². The van der Waals surface area contributed by atoms with Crippen LogP contribution in [0.1, 0.15) is 51.7 Å². The Balaban J connectivity index is 0.00000760. The van der Waals surface area contributed by atoms with E-state index in [9.17, 15) is 15.0 Å². The summed E-state index contributed by atoms with van der Waals surface area (Å²) >= 11 is 0.